The minimum Gasteiger partial charge on any atom is -0.397 e. The maximum atomic E-state index is 10.4. The van der Waals surface area contributed by atoms with Gasteiger partial charge in [-0.3, -0.25) is 14.3 Å². The highest BCUT2D eigenvalue weighted by Crippen LogP contribution is 1.88. The molecule has 1 heterocycles. The average Bonchev–Trinajstić information content (AvgIpc) is 2.17. The molecule has 0 aliphatic rings. The quantitative estimate of drug-likeness (QED) is 0.596. The van der Waals surface area contributed by atoms with E-state index >= 15 is 0 Å². The highest BCUT2D eigenvalue weighted by Gasteiger charge is 1.95. The summed E-state index contributed by atoms with van der Waals surface area (Å²) in [5.41, 5.74) is 5.22. The lowest BCUT2D eigenvalue weighted by atomic mass is 10.3. The topological polar surface area (TPSA) is 131 Å². The second-order valence-electron chi connectivity index (χ2n) is 2.63. The molecule has 0 atom stereocenters. The van der Waals surface area contributed by atoms with E-state index in [2.05, 4.69) is 4.98 Å². The minimum absolute atomic E-state index is 0.250. The molecule has 0 spiro atoms. The van der Waals surface area contributed by atoms with Crippen LogP contribution in [0.15, 0.2) is 24.4 Å². The van der Waals surface area contributed by atoms with E-state index in [0.29, 0.717) is 11.9 Å². The third-order valence-corrected chi connectivity index (χ3v) is 0.917. The van der Waals surface area contributed by atoms with Gasteiger partial charge < -0.3 is 10.8 Å². The van der Waals surface area contributed by atoms with E-state index in [1.807, 2.05) is 0 Å². The van der Waals surface area contributed by atoms with Gasteiger partial charge in [0.05, 0.1) is 6.26 Å². The summed E-state index contributed by atoms with van der Waals surface area (Å²) in [4.78, 5) is 14.1. The zero-order chi connectivity index (χ0) is 13.9. The normalized spacial score (nSPS) is 9.18. The Hall–Kier alpha value is -1.51. The molecule has 8 heteroatoms. The summed E-state index contributed by atoms with van der Waals surface area (Å²) >= 11 is 0. The van der Waals surface area contributed by atoms with Crippen LogP contribution >= 0.6 is 0 Å². The molecule has 0 aliphatic carbocycles. The molecule has 0 saturated heterocycles. The van der Waals surface area contributed by atoms with Crippen LogP contribution in [0.25, 0.3) is 0 Å². The predicted molar refractivity (Wildman–Crippen MR) is 63.0 cm³/mol. The van der Waals surface area contributed by atoms with Gasteiger partial charge in [0.1, 0.15) is 5.69 Å². The summed E-state index contributed by atoms with van der Waals surface area (Å²) < 4.78 is 25.9. The van der Waals surface area contributed by atoms with E-state index in [9.17, 15) is 13.2 Å². The third kappa shape index (κ3) is 20.5. The van der Waals surface area contributed by atoms with Crippen LogP contribution in [0.4, 0.5) is 0 Å². The summed E-state index contributed by atoms with van der Waals surface area (Å²) in [6.45, 7) is 1.93. The first-order valence-corrected chi connectivity index (χ1v) is 6.31. The fourth-order valence-electron chi connectivity index (χ4n) is 0.509. The zero-order valence-electron chi connectivity index (χ0n) is 9.57. The maximum absolute atomic E-state index is 10.4. The summed E-state index contributed by atoms with van der Waals surface area (Å²) in [5.74, 6) is -0.490. The molecule has 17 heavy (non-hydrogen) atoms. The molecule has 0 saturated carbocycles. The molecule has 98 valence electrons. The van der Waals surface area contributed by atoms with Crippen LogP contribution in [0.5, 0.6) is 0 Å². The molecule has 1 aromatic heterocycles. The van der Waals surface area contributed by atoms with E-state index in [0.717, 1.165) is 0 Å². The van der Waals surface area contributed by atoms with Crippen molar-refractivity contribution < 1.29 is 22.9 Å². The molecular formula is C9H16N2O5S. The molecule has 4 N–H and O–H groups in total. The number of hydrogen-bond acceptors (Lipinski definition) is 5. The van der Waals surface area contributed by atoms with Gasteiger partial charge >= 0.3 is 0 Å². The monoisotopic (exact) mass is 264 g/mol. The fraction of sp³-hybridized carbons (Fsp3) is 0.333. The Morgan fingerprint density at radius 3 is 2.06 bits per heavy atom. The molecular weight excluding hydrogens is 248 g/mol. The van der Waals surface area contributed by atoms with Crippen molar-refractivity contribution in [1.29, 1.82) is 0 Å². The first-order chi connectivity index (χ1) is 7.72. The van der Waals surface area contributed by atoms with E-state index in [1.165, 1.54) is 6.20 Å². The van der Waals surface area contributed by atoms with Gasteiger partial charge in [-0.2, -0.15) is 8.42 Å². The number of aromatic nitrogens is 1. The van der Waals surface area contributed by atoms with E-state index in [-0.39, 0.29) is 6.61 Å². The number of hydrogen-bond donors (Lipinski definition) is 3. The van der Waals surface area contributed by atoms with Crippen LogP contribution in [0.2, 0.25) is 0 Å². The SMILES string of the molecule is CCO.CS(=O)(=O)O.NC(=O)c1ccccn1. The van der Waals surface area contributed by atoms with Gasteiger partial charge in [-0.05, 0) is 19.1 Å². The molecule has 1 aromatic rings. The zero-order valence-corrected chi connectivity index (χ0v) is 10.4. The fourth-order valence-corrected chi connectivity index (χ4v) is 0.509. The number of aliphatic hydroxyl groups is 1. The van der Waals surface area contributed by atoms with E-state index in [1.54, 1.807) is 25.1 Å². The van der Waals surface area contributed by atoms with Crippen molar-refractivity contribution in [3.63, 3.8) is 0 Å². The van der Waals surface area contributed by atoms with Crippen LogP contribution in [-0.2, 0) is 10.1 Å². The highest BCUT2D eigenvalue weighted by molar-refractivity contribution is 7.85. The molecule has 1 rings (SSSR count). The molecule has 0 fully saturated rings. The number of nitrogens with two attached hydrogens (primary N) is 1. The third-order valence-electron chi connectivity index (χ3n) is 0.917. The van der Waals surface area contributed by atoms with Crippen LogP contribution in [0.3, 0.4) is 0 Å². The second-order valence-corrected chi connectivity index (χ2v) is 4.09. The standard InChI is InChI=1S/C6H6N2O.C2H6O.CH4O3S/c7-6(9)5-3-1-2-4-8-5;1-2-3;1-5(2,3)4/h1-4H,(H2,7,9);3H,2H2,1H3;1H3,(H,2,3,4). The van der Waals surface area contributed by atoms with E-state index in [4.69, 9.17) is 15.4 Å². The van der Waals surface area contributed by atoms with Crippen LogP contribution < -0.4 is 5.73 Å². The number of primary amides is 1. The Labute approximate surface area is 100 Å². The minimum atomic E-state index is -3.67. The van der Waals surface area contributed by atoms with Gasteiger partial charge in [0.25, 0.3) is 16.0 Å². The first-order valence-electron chi connectivity index (χ1n) is 4.46. The van der Waals surface area contributed by atoms with Gasteiger partial charge in [-0.25, -0.2) is 0 Å². The van der Waals surface area contributed by atoms with Crippen LogP contribution in [0, 0.1) is 0 Å². The predicted octanol–water partition coefficient (Wildman–Crippen LogP) is -0.317. The maximum Gasteiger partial charge on any atom is 0.267 e. The summed E-state index contributed by atoms with van der Waals surface area (Å²) in [5, 5.41) is 7.57. The smallest absolute Gasteiger partial charge is 0.267 e. The highest BCUT2D eigenvalue weighted by atomic mass is 32.2. The van der Waals surface area contributed by atoms with Crippen molar-refractivity contribution in [2.24, 2.45) is 5.73 Å². The van der Waals surface area contributed by atoms with Gasteiger partial charge in [0.2, 0.25) is 0 Å². The lowest BCUT2D eigenvalue weighted by Crippen LogP contribution is -2.12. The van der Waals surface area contributed by atoms with Gasteiger partial charge in [0, 0.05) is 12.8 Å². The summed E-state index contributed by atoms with van der Waals surface area (Å²) in [6, 6.07) is 5.02. The van der Waals surface area contributed by atoms with Crippen molar-refractivity contribution in [2.45, 2.75) is 6.92 Å². The second kappa shape index (κ2) is 9.70. The van der Waals surface area contributed by atoms with Crippen molar-refractivity contribution in [3.8, 4) is 0 Å². The molecule has 0 aromatic carbocycles. The summed E-state index contributed by atoms with van der Waals surface area (Å²) in [6.07, 6.45) is 2.24. The van der Waals surface area contributed by atoms with Crippen molar-refractivity contribution in [3.05, 3.63) is 30.1 Å². The largest absolute Gasteiger partial charge is 0.397 e. The van der Waals surface area contributed by atoms with Gasteiger partial charge in [-0.15, -0.1) is 0 Å². The Balaban J connectivity index is 0. The summed E-state index contributed by atoms with van der Waals surface area (Å²) in [7, 11) is -3.67. The Bertz CT molecular complexity index is 397. The van der Waals surface area contributed by atoms with E-state index < -0.39 is 16.0 Å². The Morgan fingerprint density at radius 1 is 1.47 bits per heavy atom. The number of nitrogens with zero attached hydrogens (tertiary/aromatic N) is 1. The lowest BCUT2D eigenvalue weighted by Gasteiger charge is -1.88. The van der Waals surface area contributed by atoms with Gasteiger partial charge in [-0.1, -0.05) is 6.07 Å². The molecule has 7 nitrogen and oxygen atoms in total. The molecule has 0 unspecified atom stereocenters. The van der Waals surface area contributed by atoms with Crippen LogP contribution in [0.1, 0.15) is 17.4 Å². The molecule has 0 radical (unpaired) electrons. The number of amides is 1. The first kappa shape index (κ1) is 17.9. The Morgan fingerprint density at radius 2 is 1.88 bits per heavy atom. The molecule has 0 aliphatic heterocycles. The number of pyridine rings is 1. The van der Waals surface area contributed by atoms with Crippen molar-refractivity contribution in [2.75, 3.05) is 12.9 Å². The molecule has 0 bridgehead atoms. The van der Waals surface area contributed by atoms with Crippen molar-refractivity contribution in [1.82, 2.24) is 4.98 Å². The average molecular weight is 264 g/mol. The number of aliphatic hydroxyl groups excluding tert-OH is 1. The van der Waals surface area contributed by atoms with Gasteiger partial charge in [0.15, 0.2) is 0 Å². The lowest BCUT2D eigenvalue weighted by molar-refractivity contribution is 0.0995. The Kier molecular flexibility index (Phi) is 10.2. The number of carbonyl (C=O) groups excluding carboxylic acids is 1. The number of rotatable bonds is 1. The van der Waals surface area contributed by atoms with Crippen LogP contribution in [-0.4, -0.2) is 41.8 Å². The van der Waals surface area contributed by atoms with Crippen molar-refractivity contribution >= 4 is 16.0 Å². The molecule has 1 amide bonds. The number of carbonyl (C=O) groups is 1.